The number of hydrogen-bond acceptors (Lipinski definition) is 8. The number of nitrogens with one attached hydrogen (secondary N) is 1. The average Bonchev–Trinajstić information content (AvgIpc) is 3.63. The molecule has 2 aromatic heterocycles. The number of rotatable bonds is 6. The molecule has 3 heterocycles. The minimum Gasteiger partial charge on any atom is -0.427 e. The van der Waals surface area contributed by atoms with E-state index in [0.29, 0.717) is 5.56 Å². The molecule has 1 N–H and O–H groups in total. The fourth-order valence-electron chi connectivity index (χ4n) is 4.37. The number of carbonyl (C=O) groups is 4. The topological polar surface area (TPSA) is 147 Å². The summed E-state index contributed by atoms with van der Waals surface area (Å²) in [6.07, 6.45) is 1.27. The molecule has 1 aliphatic rings. The smallest absolute Gasteiger partial charge is 0.314 e. The molecule has 4 aromatic rings. The minimum absolute atomic E-state index is 0.0956. The van der Waals surface area contributed by atoms with Gasteiger partial charge in [-0.3, -0.25) is 19.2 Å². The number of nitrogens with zero attached hydrogens (tertiary/aromatic N) is 7. The number of hydrogen-bond donors (Lipinski definition) is 1. The molecule has 2 amide bonds. The molecule has 5 rings (SSSR count). The molecule has 212 valence electrons. The lowest BCUT2D eigenvalue weighted by atomic mass is 9.98. The molecule has 2 aromatic carbocycles. The SMILES string of the molecule is CC(C)(C)C(=O)OC[n+]1nnn(-c2ccc(F)c3c(C(=O)C(=O)N4CCN(C(=O)c5ccccc5)CC4)c[nH]c23)n1. The largest absolute Gasteiger partial charge is 0.427 e. The van der Waals surface area contributed by atoms with Gasteiger partial charge in [-0.15, -0.1) is 0 Å². The Morgan fingerprint density at radius 3 is 2.37 bits per heavy atom. The number of benzene rings is 2. The molecule has 41 heavy (non-hydrogen) atoms. The summed E-state index contributed by atoms with van der Waals surface area (Å²) in [5.74, 6) is -2.99. The van der Waals surface area contributed by atoms with E-state index in [1.54, 1.807) is 49.9 Å². The number of H-pyrrole nitrogens is 1. The quantitative estimate of drug-likeness (QED) is 0.160. The third-order valence-electron chi connectivity index (χ3n) is 6.63. The number of fused-ring (bicyclic) bond motifs is 1. The molecule has 0 atom stereocenters. The number of amides is 2. The molecular weight excluding hydrogens is 535 g/mol. The van der Waals surface area contributed by atoms with E-state index in [1.807, 2.05) is 6.07 Å². The predicted octanol–water partition coefficient (Wildman–Crippen LogP) is 1.28. The third-order valence-corrected chi connectivity index (χ3v) is 6.63. The van der Waals surface area contributed by atoms with Crippen molar-refractivity contribution in [3.8, 4) is 5.69 Å². The Morgan fingerprint density at radius 2 is 1.68 bits per heavy atom. The van der Waals surface area contributed by atoms with Crippen LogP contribution in [0.3, 0.4) is 0 Å². The van der Waals surface area contributed by atoms with E-state index in [2.05, 4.69) is 20.6 Å². The van der Waals surface area contributed by atoms with Crippen molar-refractivity contribution in [2.24, 2.45) is 5.41 Å². The summed E-state index contributed by atoms with van der Waals surface area (Å²) < 4.78 is 20.2. The number of ether oxygens (including phenoxy) is 1. The standard InChI is InChI=1S/C27H27FN8O5/c1-27(2,3)26(40)41-16-35-30-31-36(32-35)20-10-9-19(28)21-18(15-29-22(20)21)23(37)25(39)34-13-11-33(12-14-34)24(38)17-7-5-4-6-8-17/h4-10,15H,11-14,16H2,1-3H3/p+1. The van der Waals surface area contributed by atoms with Gasteiger partial charge >= 0.3 is 5.97 Å². The Kier molecular flexibility index (Phi) is 7.30. The summed E-state index contributed by atoms with van der Waals surface area (Å²) in [4.78, 5) is 59.0. The molecule has 1 saturated heterocycles. The average molecular weight is 564 g/mol. The molecule has 1 fully saturated rings. The van der Waals surface area contributed by atoms with Crippen molar-refractivity contribution < 1.29 is 33.1 Å². The van der Waals surface area contributed by atoms with Crippen molar-refractivity contribution in [3.05, 3.63) is 65.6 Å². The van der Waals surface area contributed by atoms with Crippen LogP contribution in [-0.4, -0.2) is 85.0 Å². The van der Waals surface area contributed by atoms with Crippen molar-refractivity contribution in [3.63, 3.8) is 0 Å². The Balaban J connectivity index is 1.30. The van der Waals surface area contributed by atoms with E-state index in [-0.39, 0.29) is 61.0 Å². The Bertz CT molecular complexity index is 1630. The van der Waals surface area contributed by atoms with Gasteiger partial charge in [0.2, 0.25) is 0 Å². The van der Waals surface area contributed by atoms with Crippen LogP contribution in [0.4, 0.5) is 4.39 Å². The summed E-state index contributed by atoms with van der Waals surface area (Å²) in [6, 6.07) is 11.3. The monoisotopic (exact) mass is 563 g/mol. The van der Waals surface area contributed by atoms with Gasteiger partial charge in [0.05, 0.1) is 27.1 Å². The number of halogens is 1. The van der Waals surface area contributed by atoms with Crippen molar-refractivity contribution in [1.82, 2.24) is 35.2 Å². The Morgan fingerprint density at radius 1 is 1.00 bits per heavy atom. The zero-order chi connectivity index (χ0) is 29.3. The number of aromatic nitrogens is 6. The van der Waals surface area contributed by atoms with Gasteiger partial charge in [0.15, 0.2) is 10.9 Å². The molecule has 0 radical (unpaired) electrons. The van der Waals surface area contributed by atoms with Crippen LogP contribution in [0, 0.1) is 11.2 Å². The molecule has 13 nitrogen and oxygen atoms in total. The van der Waals surface area contributed by atoms with Crippen LogP contribution in [0.5, 0.6) is 0 Å². The number of carbonyl (C=O) groups excluding carboxylic acids is 4. The van der Waals surface area contributed by atoms with Gasteiger partial charge in [0.1, 0.15) is 11.0 Å². The highest BCUT2D eigenvalue weighted by atomic mass is 19.1. The molecule has 1 aliphatic heterocycles. The summed E-state index contributed by atoms with van der Waals surface area (Å²) in [7, 11) is 0. The van der Waals surface area contributed by atoms with Gasteiger partial charge in [0.25, 0.3) is 24.3 Å². The fourth-order valence-corrected chi connectivity index (χ4v) is 4.37. The molecule has 14 heteroatoms. The first-order valence-corrected chi connectivity index (χ1v) is 12.9. The normalized spacial score (nSPS) is 13.9. The maximum atomic E-state index is 15.0. The van der Waals surface area contributed by atoms with Crippen LogP contribution in [0.15, 0.2) is 48.7 Å². The van der Waals surface area contributed by atoms with E-state index in [1.165, 1.54) is 17.2 Å². The lowest BCUT2D eigenvalue weighted by molar-refractivity contribution is -0.832. The molecule has 0 aliphatic carbocycles. The van der Waals surface area contributed by atoms with Crippen LogP contribution in [0.1, 0.15) is 41.5 Å². The highest BCUT2D eigenvalue weighted by Crippen LogP contribution is 2.27. The molecule has 0 spiro atoms. The summed E-state index contributed by atoms with van der Waals surface area (Å²) in [5, 5.41) is 11.8. The van der Waals surface area contributed by atoms with Gasteiger partial charge in [-0.05, 0) is 49.8 Å². The van der Waals surface area contributed by atoms with Gasteiger partial charge in [-0.1, -0.05) is 18.2 Å². The zero-order valence-electron chi connectivity index (χ0n) is 22.7. The maximum absolute atomic E-state index is 15.0. The Hall–Kier alpha value is -5.01. The third kappa shape index (κ3) is 5.53. The lowest BCUT2D eigenvalue weighted by Gasteiger charge is -2.34. The van der Waals surface area contributed by atoms with Crippen LogP contribution in [0.25, 0.3) is 16.6 Å². The first kappa shape index (κ1) is 27.6. The molecule has 0 bridgehead atoms. The fraction of sp³-hybridized carbons (Fsp3) is 0.333. The summed E-state index contributed by atoms with van der Waals surface area (Å²) in [6.45, 7) is 5.71. The summed E-state index contributed by atoms with van der Waals surface area (Å²) >= 11 is 0. The van der Waals surface area contributed by atoms with E-state index >= 15 is 0 Å². The van der Waals surface area contributed by atoms with Gasteiger partial charge in [0, 0.05) is 42.7 Å². The number of Topliss-reactive ketones (excluding diaryl/α,β-unsaturated/α-hetero) is 1. The van der Waals surface area contributed by atoms with Crippen LogP contribution in [-0.2, 0) is 21.1 Å². The second kappa shape index (κ2) is 10.9. The van der Waals surface area contributed by atoms with Crippen molar-refractivity contribution in [2.45, 2.75) is 27.5 Å². The lowest BCUT2D eigenvalue weighted by Crippen LogP contribution is -2.52. The number of ketones is 1. The van der Waals surface area contributed by atoms with Crippen molar-refractivity contribution >= 4 is 34.5 Å². The number of esters is 1. The minimum atomic E-state index is -0.883. The first-order valence-electron chi connectivity index (χ1n) is 12.9. The maximum Gasteiger partial charge on any atom is 0.314 e. The zero-order valence-corrected chi connectivity index (χ0v) is 22.7. The van der Waals surface area contributed by atoms with Crippen molar-refractivity contribution in [1.29, 1.82) is 0 Å². The van der Waals surface area contributed by atoms with E-state index in [0.717, 1.165) is 15.7 Å². The number of aromatic amines is 1. The highest BCUT2D eigenvalue weighted by Gasteiger charge is 2.32. The predicted molar refractivity (Wildman–Crippen MR) is 140 cm³/mol. The highest BCUT2D eigenvalue weighted by molar-refractivity contribution is 6.45. The van der Waals surface area contributed by atoms with E-state index in [9.17, 15) is 23.6 Å². The summed E-state index contributed by atoms with van der Waals surface area (Å²) in [5.41, 5.74) is 0.133. The Labute approximate surface area is 233 Å². The number of piperazine rings is 1. The van der Waals surface area contributed by atoms with Crippen LogP contribution < -0.4 is 4.80 Å². The second-order valence-electron chi connectivity index (χ2n) is 10.5. The second-order valence-corrected chi connectivity index (χ2v) is 10.5. The van der Waals surface area contributed by atoms with E-state index in [4.69, 9.17) is 4.74 Å². The van der Waals surface area contributed by atoms with Gasteiger partial charge < -0.3 is 19.5 Å². The van der Waals surface area contributed by atoms with E-state index < -0.39 is 28.9 Å². The van der Waals surface area contributed by atoms with Crippen molar-refractivity contribution in [2.75, 3.05) is 26.2 Å². The van der Waals surface area contributed by atoms with Gasteiger partial charge in [-0.2, -0.15) is 0 Å². The van der Waals surface area contributed by atoms with Gasteiger partial charge in [-0.25, -0.2) is 4.39 Å². The molecule has 0 saturated carbocycles. The first-order chi connectivity index (χ1) is 19.5. The van der Waals surface area contributed by atoms with Crippen LogP contribution >= 0.6 is 0 Å². The van der Waals surface area contributed by atoms with Crippen LogP contribution in [0.2, 0.25) is 0 Å². The molecular formula is C27H28FN8O5+. The molecule has 0 unspecified atom stereocenters.